The van der Waals surface area contributed by atoms with Crippen LogP contribution in [0.4, 0.5) is 4.79 Å². The van der Waals surface area contributed by atoms with Crippen molar-refractivity contribution in [2.24, 2.45) is 0 Å². The third-order valence-electron chi connectivity index (χ3n) is 6.33. The minimum atomic E-state index is -0.835. The van der Waals surface area contributed by atoms with Crippen LogP contribution < -0.4 is 20.1 Å². The molecular weight excluding hydrogens is 516 g/mol. The van der Waals surface area contributed by atoms with Crippen LogP contribution in [0.2, 0.25) is 0 Å². The summed E-state index contributed by atoms with van der Waals surface area (Å²) in [7, 11) is 0. The van der Waals surface area contributed by atoms with Crippen molar-refractivity contribution in [2.75, 3.05) is 12.5 Å². The molecule has 1 aliphatic heterocycles. The van der Waals surface area contributed by atoms with E-state index in [2.05, 4.69) is 24.5 Å². The van der Waals surface area contributed by atoms with E-state index in [0.29, 0.717) is 29.4 Å². The molecule has 7 nitrogen and oxygen atoms in total. The Kier molecular flexibility index (Phi) is 9.49. The lowest BCUT2D eigenvalue weighted by Gasteiger charge is -2.31. The monoisotopic (exact) mass is 548 g/mol. The maximum Gasteiger partial charge on any atom is 0.338 e. The summed E-state index contributed by atoms with van der Waals surface area (Å²) >= 11 is 6.17. The topological polar surface area (TPSA) is 85.9 Å². The Balaban J connectivity index is 1.81. The van der Waals surface area contributed by atoms with Crippen LogP contribution >= 0.6 is 11.6 Å². The van der Waals surface area contributed by atoms with Crippen molar-refractivity contribution >= 4 is 23.6 Å². The molecule has 0 saturated heterocycles. The van der Waals surface area contributed by atoms with Gasteiger partial charge >= 0.3 is 12.0 Å². The van der Waals surface area contributed by atoms with Crippen LogP contribution in [0.5, 0.6) is 11.5 Å². The Hall–Kier alpha value is -3.97. The number of ether oxygens (including phenoxy) is 3. The molecule has 4 rings (SSSR count). The summed E-state index contributed by atoms with van der Waals surface area (Å²) < 4.78 is 18.0. The first-order valence-corrected chi connectivity index (χ1v) is 13.5. The predicted molar refractivity (Wildman–Crippen MR) is 151 cm³/mol. The highest BCUT2D eigenvalue weighted by Crippen LogP contribution is 2.41. The minimum absolute atomic E-state index is 0.0619. The van der Waals surface area contributed by atoms with E-state index in [1.807, 2.05) is 72.8 Å². The summed E-state index contributed by atoms with van der Waals surface area (Å²) in [5, 5.41) is 5.53. The second-order valence-corrected chi connectivity index (χ2v) is 9.68. The third-order valence-corrected chi connectivity index (χ3v) is 6.60. The molecular formula is C31H33ClN2O5. The molecule has 0 aliphatic carbocycles. The van der Waals surface area contributed by atoms with Crippen molar-refractivity contribution in [1.29, 1.82) is 0 Å². The number of halogens is 1. The number of esters is 1. The van der Waals surface area contributed by atoms with Crippen LogP contribution in [0, 0.1) is 0 Å². The summed E-state index contributed by atoms with van der Waals surface area (Å²) in [4.78, 5) is 25.7. The summed E-state index contributed by atoms with van der Waals surface area (Å²) in [5.74, 6) is 0.607. The number of rotatable bonds is 11. The fraction of sp³-hybridized carbons (Fsp3) is 0.290. The van der Waals surface area contributed by atoms with Crippen LogP contribution in [0.3, 0.4) is 0 Å². The molecule has 0 saturated carbocycles. The van der Waals surface area contributed by atoms with E-state index in [1.165, 1.54) is 0 Å². The van der Waals surface area contributed by atoms with Crippen molar-refractivity contribution in [1.82, 2.24) is 10.6 Å². The van der Waals surface area contributed by atoms with E-state index < -0.39 is 18.0 Å². The molecule has 0 aromatic heterocycles. The van der Waals surface area contributed by atoms with Crippen LogP contribution in [0.25, 0.3) is 0 Å². The molecule has 2 amide bonds. The number of nitrogens with one attached hydrogen (secondary N) is 2. The van der Waals surface area contributed by atoms with Crippen LogP contribution in [-0.4, -0.2) is 24.5 Å². The summed E-state index contributed by atoms with van der Waals surface area (Å²) in [6.07, 6.45) is 0. The number of urea groups is 1. The first-order chi connectivity index (χ1) is 18.9. The van der Waals surface area contributed by atoms with Gasteiger partial charge < -0.3 is 24.8 Å². The molecule has 0 spiro atoms. The van der Waals surface area contributed by atoms with Gasteiger partial charge in [-0.05, 0) is 35.6 Å². The van der Waals surface area contributed by atoms with Gasteiger partial charge in [-0.2, -0.15) is 0 Å². The van der Waals surface area contributed by atoms with Gasteiger partial charge in [0.1, 0.15) is 24.7 Å². The quantitative estimate of drug-likeness (QED) is 0.214. The molecule has 0 radical (unpaired) electrons. The fourth-order valence-corrected chi connectivity index (χ4v) is 4.61. The highest BCUT2D eigenvalue weighted by Gasteiger charge is 2.36. The normalized spacial score (nSPS) is 15.0. The van der Waals surface area contributed by atoms with Gasteiger partial charge in [-0.15, -0.1) is 11.6 Å². The number of hydrogen-bond donors (Lipinski definition) is 2. The molecule has 0 fully saturated rings. The summed E-state index contributed by atoms with van der Waals surface area (Å²) in [6.45, 7) is 6.70. The SMILES string of the molecule is CCOC(=O)C1=C(CCl)NC(=O)NC1c1cc(C(C)C)c(OCc2ccccc2)cc1OCc1ccccc1. The number of alkyl halides is 1. The molecule has 1 heterocycles. The maximum atomic E-state index is 13.1. The number of carbonyl (C=O) groups excluding carboxylic acids is 2. The molecule has 8 heteroatoms. The average molecular weight is 549 g/mol. The van der Waals surface area contributed by atoms with Crippen LogP contribution in [-0.2, 0) is 22.7 Å². The van der Waals surface area contributed by atoms with Crippen molar-refractivity contribution in [3.63, 3.8) is 0 Å². The Morgan fingerprint density at radius 1 is 0.923 bits per heavy atom. The predicted octanol–water partition coefficient (Wildman–Crippen LogP) is 6.38. The van der Waals surface area contributed by atoms with Gasteiger partial charge in [0, 0.05) is 17.3 Å². The summed E-state index contributed by atoms with van der Waals surface area (Å²) in [5.41, 5.74) is 4.07. The van der Waals surface area contributed by atoms with Crippen LogP contribution in [0.15, 0.2) is 84.1 Å². The van der Waals surface area contributed by atoms with Gasteiger partial charge in [-0.3, -0.25) is 0 Å². The number of amides is 2. The molecule has 2 N–H and O–H groups in total. The third kappa shape index (κ3) is 6.92. The van der Waals surface area contributed by atoms with Gasteiger partial charge in [0.05, 0.1) is 24.1 Å². The van der Waals surface area contributed by atoms with E-state index in [0.717, 1.165) is 16.7 Å². The second kappa shape index (κ2) is 13.2. The summed E-state index contributed by atoms with van der Waals surface area (Å²) in [6, 6.07) is 22.2. The van der Waals surface area contributed by atoms with E-state index >= 15 is 0 Å². The Morgan fingerprint density at radius 2 is 1.51 bits per heavy atom. The van der Waals surface area contributed by atoms with Crippen LogP contribution in [0.1, 0.15) is 55.0 Å². The Morgan fingerprint density at radius 3 is 2.05 bits per heavy atom. The lowest BCUT2D eigenvalue weighted by Crippen LogP contribution is -2.46. The molecule has 204 valence electrons. The number of hydrogen-bond acceptors (Lipinski definition) is 5. The van der Waals surface area contributed by atoms with E-state index in [1.54, 1.807) is 6.92 Å². The van der Waals surface area contributed by atoms with Crippen molar-refractivity contribution in [2.45, 2.75) is 45.9 Å². The first kappa shape index (κ1) is 28.0. The number of carbonyl (C=O) groups is 2. The first-order valence-electron chi connectivity index (χ1n) is 13.0. The zero-order valence-corrected chi connectivity index (χ0v) is 23.1. The van der Waals surface area contributed by atoms with Gasteiger partial charge in [0.2, 0.25) is 0 Å². The minimum Gasteiger partial charge on any atom is -0.488 e. The molecule has 3 aromatic carbocycles. The van der Waals surface area contributed by atoms with Crippen molar-refractivity contribution < 1.29 is 23.8 Å². The molecule has 1 aliphatic rings. The Bertz CT molecular complexity index is 1330. The molecule has 1 unspecified atom stereocenters. The number of benzene rings is 3. The standard InChI is InChI=1S/C31H33ClN2O5/c1-4-37-30(35)28-25(17-32)33-31(36)34-29(28)24-15-23(20(2)3)26(38-18-21-11-7-5-8-12-21)16-27(24)39-19-22-13-9-6-10-14-22/h5-16,20,29H,4,17-19H2,1-3H3,(H2,33,34,36). The van der Waals surface area contributed by atoms with Gasteiger partial charge in [-0.25, -0.2) is 9.59 Å². The van der Waals surface area contributed by atoms with E-state index in [4.69, 9.17) is 25.8 Å². The van der Waals surface area contributed by atoms with Gasteiger partial charge in [0.15, 0.2) is 0 Å². The lowest BCUT2D eigenvalue weighted by atomic mass is 9.90. The fourth-order valence-electron chi connectivity index (χ4n) is 4.40. The largest absolute Gasteiger partial charge is 0.488 e. The second-order valence-electron chi connectivity index (χ2n) is 9.41. The maximum absolute atomic E-state index is 13.1. The molecule has 3 aromatic rings. The zero-order chi connectivity index (χ0) is 27.8. The van der Waals surface area contributed by atoms with Crippen molar-refractivity contribution in [3.8, 4) is 11.5 Å². The van der Waals surface area contributed by atoms with E-state index in [9.17, 15) is 9.59 Å². The van der Waals surface area contributed by atoms with E-state index in [-0.39, 0.29) is 30.6 Å². The average Bonchev–Trinajstić information content (AvgIpc) is 2.95. The lowest BCUT2D eigenvalue weighted by molar-refractivity contribution is -0.139. The highest BCUT2D eigenvalue weighted by molar-refractivity contribution is 6.20. The Labute approximate surface area is 234 Å². The zero-order valence-electron chi connectivity index (χ0n) is 22.3. The molecule has 0 bridgehead atoms. The van der Waals surface area contributed by atoms with Gasteiger partial charge in [0.25, 0.3) is 0 Å². The van der Waals surface area contributed by atoms with Crippen molar-refractivity contribution in [3.05, 3.63) is 106 Å². The van der Waals surface area contributed by atoms with Gasteiger partial charge in [-0.1, -0.05) is 74.5 Å². The smallest absolute Gasteiger partial charge is 0.338 e. The number of allylic oxidation sites excluding steroid dienone is 1. The molecule has 39 heavy (non-hydrogen) atoms. The highest BCUT2D eigenvalue weighted by atomic mass is 35.5. The molecule has 1 atom stereocenters.